The summed E-state index contributed by atoms with van der Waals surface area (Å²) in [5.74, 6) is 0. The minimum absolute atomic E-state index is 0. The third-order valence-electron chi connectivity index (χ3n) is 0.967. The average Bonchev–Trinajstić information content (AvgIpc) is 2.08. The van der Waals surface area contributed by atoms with Crippen LogP contribution in [0.15, 0.2) is 0 Å². The number of rotatable bonds is 8. The van der Waals surface area contributed by atoms with Gasteiger partial charge in [-0.1, -0.05) is 0 Å². The summed E-state index contributed by atoms with van der Waals surface area (Å²) in [5, 5.41) is 25.5. The molecule has 0 aromatic rings. The predicted octanol–water partition coefficient (Wildman–Crippen LogP) is -0.598. The maximum Gasteiger partial charge on any atom is 0.294 e. The fourth-order valence-electron chi connectivity index (χ4n) is 0.519. The highest BCUT2D eigenvalue weighted by Gasteiger charge is 2.17. The molecule has 0 N–H and O–H groups in total. The lowest BCUT2D eigenvalue weighted by Gasteiger charge is -2.11. The molecule has 0 rings (SSSR count). The summed E-state index contributed by atoms with van der Waals surface area (Å²) in [5.41, 5.74) is 0. The Labute approximate surface area is 92.8 Å². The van der Waals surface area contributed by atoms with E-state index in [9.17, 15) is 30.3 Å². The molecule has 12 nitrogen and oxygen atoms in total. The van der Waals surface area contributed by atoms with Crippen LogP contribution < -0.4 is 0 Å². The molecule has 13 heteroatoms. The van der Waals surface area contributed by atoms with E-state index in [1.807, 2.05) is 0 Å². The number of nitrogens with zero attached hydrogens (tertiary/aromatic N) is 3. The fourth-order valence-corrected chi connectivity index (χ4v) is 0.519. The van der Waals surface area contributed by atoms with E-state index in [-0.39, 0.29) is 12.4 Å². The van der Waals surface area contributed by atoms with Crippen LogP contribution in [0.1, 0.15) is 0 Å². The minimum Gasteiger partial charge on any atom is -0.311 e. The monoisotopic (exact) mass is 263 g/mol. The lowest BCUT2D eigenvalue weighted by molar-refractivity contribution is -0.803. The molecule has 0 aromatic carbocycles. The molecule has 0 saturated heterocycles. The van der Waals surface area contributed by atoms with Gasteiger partial charge in [0.05, 0.1) is 0 Å². The summed E-state index contributed by atoms with van der Waals surface area (Å²) in [6.07, 6.45) is -1.55. The summed E-state index contributed by atoms with van der Waals surface area (Å²) in [6, 6.07) is 0. The molecule has 0 bridgehead atoms. The van der Waals surface area contributed by atoms with Crippen molar-refractivity contribution in [2.45, 2.75) is 6.10 Å². The van der Waals surface area contributed by atoms with Gasteiger partial charge in [0.15, 0.2) is 6.10 Å². The van der Waals surface area contributed by atoms with E-state index in [1.54, 1.807) is 0 Å². The van der Waals surface area contributed by atoms with Crippen molar-refractivity contribution in [1.29, 1.82) is 0 Å². The van der Waals surface area contributed by atoms with Crippen molar-refractivity contribution in [3.8, 4) is 0 Å². The van der Waals surface area contributed by atoms with Gasteiger partial charge in [-0.2, -0.15) is 0 Å². The fraction of sp³-hybridized carbons (Fsp3) is 1.00. The molecule has 0 spiro atoms. The van der Waals surface area contributed by atoms with Crippen LogP contribution in [0.25, 0.3) is 0 Å². The van der Waals surface area contributed by atoms with Gasteiger partial charge in [0, 0.05) is 0 Å². The molecule has 94 valence electrons. The van der Waals surface area contributed by atoms with Crippen molar-refractivity contribution in [2.75, 3.05) is 13.2 Å². The largest absolute Gasteiger partial charge is 0.311 e. The van der Waals surface area contributed by atoms with Crippen molar-refractivity contribution >= 4 is 12.4 Å². The molecular weight excluding hydrogens is 257 g/mol. The highest BCUT2D eigenvalue weighted by molar-refractivity contribution is 5.85. The number of hydrogen-bond donors (Lipinski definition) is 0. The number of hydrogen-bond acceptors (Lipinski definition) is 9. The molecule has 0 radical (unpaired) electrons. The van der Waals surface area contributed by atoms with E-state index in [0.29, 0.717) is 0 Å². The van der Waals surface area contributed by atoms with Crippen molar-refractivity contribution in [1.82, 2.24) is 0 Å². The Bertz CT molecular complexity index is 240. The Morgan fingerprint density at radius 1 is 0.875 bits per heavy atom. The van der Waals surface area contributed by atoms with Gasteiger partial charge in [-0.25, -0.2) is 0 Å². The standard InChI is InChI=1S/C3H5N3O9.ClH/c7-4(8)13-1-3(15-6(11)12)2-14-5(9)10;/h3H,1-2H2;1H. The summed E-state index contributed by atoms with van der Waals surface area (Å²) in [6.45, 7) is -1.69. The topological polar surface area (TPSA) is 157 Å². The van der Waals surface area contributed by atoms with Crippen LogP contribution in [0, 0.1) is 30.3 Å². The first-order valence-electron chi connectivity index (χ1n) is 3.27. The first-order valence-corrected chi connectivity index (χ1v) is 3.27. The molecule has 0 aromatic heterocycles. The van der Waals surface area contributed by atoms with E-state index >= 15 is 0 Å². The van der Waals surface area contributed by atoms with Gasteiger partial charge in [0.1, 0.15) is 13.2 Å². The Kier molecular flexibility index (Phi) is 8.39. The Morgan fingerprint density at radius 2 is 1.25 bits per heavy atom. The Hall–Kier alpha value is -2.11. The van der Waals surface area contributed by atoms with Crippen molar-refractivity contribution in [2.24, 2.45) is 0 Å². The molecule has 0 saturated carbocycles. The van der Waals surface area contributed by atoms with Crippen LogP contribution in [0.4, 0.5) is 0 Å². The zero-order valence-corrected chi connectivity index (χ0v) is 8.23. The average molecular weight is 264 g/mol. The summed E-state index contributed by atoms with van der Waals surface area (Å²) in [4.78, 5) is 40.5. The molecule has 0 heterocycles. The lowest BCUT2D eigenvalue weighted by Crippen LogP contribution is -2.30. The Balaban J connectivity index is 0. The van der Waals surface area contributed by atoms with Gasteiger partial charge in [0.2, 0.25) is 0 Å². The van der Waals surface area contributed by atoms with Gasteiger partial charge in [0.25, 0.3) is 15.3 Å². The van der Waals surface area contributed by atoms with Crippen LogP contribution >= 0.6 is 12.4 Å². The molecule has 0 unspecified atom stereocenters. The molecule has 0 aliphatic heterocycles. The first kappa shape index (κ1) is 16.3. The van der Waals surface area contributed by atoms with Crippen LogP contribution in [-0.4, -0.2) is 34.6 Å². The van der Waals surface area contributed by atoms with Gasteiger partial charge < -0.3 is 14.5 Å². The molecule has 0 aliphatic carbocycles. The second-order valence-corrected chi connectivity index (χ2v) is 1.99. The Morgan fingerprint density at radius 3 is 1.50 bits per heavy atom. The van der Waals surface area contributed by atoms with Crippen molar-refractivity contribution in [3.05, 3.63) is 30.3 Å². The second-order valence-electron chi connectivity index (χ2n) is 1.99. The van der Waals surface area contributed by atoms with Crippen LogP contribution in [0.2, 0.25) is 0 Å². The quantitative estimate of drug-likeness (QED) is 0.411. The van der Waals surface area contributed by atoms with Crippen molar-refractivity contribution in [3.63, 3.8) is 0 Å². The summed E-state index contributed by atoms with van der Waals surface area (Å²) >= 11 is 0. The highest BCUT2D eigenvalue weighted by Crippen LogP contribution is 1.96. The van der Waals surface area contributed by atoms with E-state index in [4.69, 9.17) is 0 Å². The molecule has 0 atom stereocenters. The van der Waals surface area contributed by atoms with E-state index in [1.165, 1.54) is 0 Å². The normalized spacial score (nSPS) is 8.81. The van der Waals surface area contributed by atoms with Gasteiger partial charge in [-0.3, -0.25) is 0 Å². The minimum atomic E-state index is -1.55. The van der Waals surface area contributed by atoms with E-state index in [0.717, 1.165) is 0 Å². The van der Waals surface area contributed by atoms with Crippen LogP contribution in [-0.2, 0) is 14.5 Å². The van der Waals surface area contributed by atoms with Gasteiger partial charge in [-0.05, 0) is 0 Å². The SMILES string of the molecule is Cl.O=[N+]([O-])OCC(CO[N+](=O)[O-])O[N+](=O)[O-]. The zero-order chi connectivity index (χ0) is 11.8. The maximum absolute atomic E-state index is 9.83. The van der Waals surface area contributed by atoms with Crippen molar-refractivity contribution < 1.29 is 29.8 Å². The third-order valence-corrected chi connectivity index (χ3v) is 0.967. The smallest absolute Gasteiger partial charge is 0.294 e. The lowest BCUT2D eigenvalue weighted by atomic mass is 10.4. The molecule has 0 fully saturated rings. The number of halogens is 1. The van der Waals surface area contributed by atoms with Crippen LogP contribution in [0.5, 0.6) is 0 Å². The first-order chi connectivity index (χ1) is 6.91. The second kappa shape index (κ2) is 8.22. The predicted molar refractivity (Wildman–Crippen MR) is 45.0 cm³/mol. The van der Waals surface area contributed by atoms with E-state index in [2.05, 4.69) is 14.5 Å². The molecule has 16 heavy (non-hydrogen) atoms. The molecule has 0 aliphatic rings. The third kappa shape index (κ3) is 9.97. The summed E-state index contributed by atoms with van der Waals surface area (Å²) < 4.78 is 0. The van der Waals surface area contributed by atoms with E-state index < -0.39 is 34.6 Å². The van der Waals surface area contributed by atoms with Crippen LogP contribution in [0.3, 0.4) is 0 Å². The maximum atomic E-state index is 9.83. The van der Waals surface area contributed by atoms with Gasteiger partial charge in [-0.15, -0.1) is 42.7 Å². The molecule has 0 amide bonds. The molecular formula is C3H6ClN3O9. The highest BCUT2D eigenvalue weighted by atomic mass is 35.5. The zero-order valence-electron chi connectivity index (χ0n) is 7.42. The van der Waals surface area contributed by atoms with Gasteiger partial charge >= 0.3 is 0 Å². The summed E-state index contributed by atoms with van der Waals surface area (Å²) in [7, 11) is 0.